The molecule has 0 N–H and O–H groups in total. The third-order valence-electron chi connectivity index (χ3n) is 3.39. The molecule has 0 unspecified atom stereocenters. The van der Waals surface area contributed by atoms with E-state index in [1.54, 1.807) is 6.92 Å². The summed E-state index contributed by atoms with van der Waals surface area (Å²) in [5, 5.41) is 0. The Bertz CT molecular complexity index is 329. The van der Waals surface area contributed by atoms with Gasteiger partial charge in [0, 0.05) is 6.42 Å². The lowest BCUT2D eigenvalue weighted by Crippen LogP contribution is -2.19. The first-order chi connectivity index (χ1) is 7.56. The summed E-state index contributed by atoms with van der Waals surface area (Å²) in [5.74, 6) is 0.303. The van der Waals surface area contributed by atoms with Crippen LogP contribution >= 0.6 is 0 Å². The van der Waals surface area contributed by atoms with Gasteiger partial charge in [0.1, 0.15) is 5.78 Å². The molecule has 0 saturated heterocycles. The molecule has 1 heteroatoms. The number of hydrogen-bond acceptors (Lipinski definition) is 1. The van der Waals surface area contributed by atoms with Gasteiger partial charge in [-0.25, -0.2) is 0 Å². The van der Waals surface area contributed by atoms with Gasteiger partial charge in [-0.15, -0.1) is 0 Å². The van der Waals surface area contributed by atoms with Gasteiger partial charge in [0.25, 0.3) is 0 Å². The molecule has 1 nitrogen and oxygen atoms in total. The summed E-state index contributed by atoms with van der Waals surface area (Å²) in [5.41, 5.74) is 1.53. The fraction of sp³-hybridized carbons (Fsp3) is 0.533. The van der Waals surface area contributed by atoms with E-state index in [2.05, 4.69) is 38.1 Å². The maximum atomic E-state index is 11.2. The highest BCUT2D eigenvalue weighted by atomic mass is 16.1. The Morgan fingerprint density at radius 2 is 1.88 bits per heavy atom. The SMILES string of the molecule is CC[C@@](C)(CCc1ccccc1)CC(C)=O. The molecule has 0 aliphatic carbocycles. The van der Waals surface area contributed by atoms with Crippen LogP contribution in [-0.4, -0.2) is 5.78 Å². The number of aryl methyl sites for hydroxylation is 1. The van der Waals surface area contributed by atoms with Crippen molar-refractivity contribution in [2.45, 2.75) is 46.5 Å². The molecule has 0 spiro atoms. The summed E-state index contributed by atoms with van der Waals surface area (Å²) < 4.78 is 0. The summed E-state index contributed by atoms with van der Waals surface area (Å²) in [6, 6.07) is 10.5. The van der Waals surface area contributed by atoms with E-state index in [0.717, 1.165) is 19.3 Å². The first-order valence-electron chi connectivity index (χ1n) is 6.09. The van der Waals surface area contributed by atoms with Crippen molar-refractivity contribution in [2.75, 3.05) is 0 Å². The van der Waals surface area contributed by atoms with E-state index in [0.29, 0.717) is 12.2 Å². The van der Waals surface area contributed by atoms with Crippen LogP contribution in [0.2, 0.25) is 0 Å². The third-order valence-corrected chi connectivity index (χ3v) is 3.39. The summed E-state index contributed by atoms with van der Waals surface area (Å²) in [6.45, 7) is 6.09. The molecule has 0 aliphatic rings. The maximum Gasteiger partial charge on any atom is 0.130 e. The molecular weight excluding hydrogens is 196 g/mol. The quantitative estimate of drug-likeness (QED) is 0.705. The minimum absolute atomic E-state index is 0.168. The second kappa shape index (κ2) is 5.83. The molecular formula is C15H22O. The third kappa shape index (κ3) is 4.18. The van der Waals surface area contributed by atoms with Crippen molar-refractivity contribution in [1.29, 1.82) is 0 Å². The molecule has 1 aromatic carbocycles. The standard InChI is InChI=1S/C15H22O/c1-4-15(3,12-13(2)16)11-10-14-8-6-5-7-9-14/h5-9H,4,10-12H2,1-3H3/t15-/m0/s1. The monoisotopic (exact) mass is 218 g/mol. The topological polar surface area (TPSA) is 17.1 Å². The molecule has 0 aliphatic heterocycles. The van der Waals surface area contributed by atoms with Crippen molar-refractivity contribution >= 4 is 5.78 Å². The van der Waals surface area contributed by atoms with Gasteiger partial charge in [0.15, 0.2) is 0 Å². The van der Waals surface area contributed by atoms with Crippen molar-refractivity contribution in [3.8, 4) is 0 Å². The zero-order chi connectivity index (χ0) is 12.0. The second-order valence-electron chi connectivity index (χ2n) is 5.03. The van der Waals surface area contributed by atoms with Crippen LogP contribution in [0.5, 0.6) is 0 Å². The van der Waals surface area contributed by atoms with Gasteiger partial charge in [-0.2, -0.15) is 0 Å². The Morgan fingerprint density at radius 1 is 1.25 bits per heavy atom. The summed E-state index contributed by atoms with van der Waals surface area (Å²) in [7, 11) is 0. The lowest BCUT2D eigenvalue weighted by atomic mass is 9.78. The molecule has 0 bridgehead atoms. The molecule has 1 aromatic rings. The molecule has 0 amide bonds. The van der Waals surface area contributed by atoms with Gasteiger partial charge < -0.3 is 4.79 Å². The molecule has 88 valence electrons. The van der Waals surface area contributed by atoms with Crippen LogP contribution in [-0.2, 0) is 11.2 Å². The van der Waals surface area contributed by atoms with Gasteiger partial charge >= 0.3 is 0 Å². The first-order valence-corrected chi connectivity index (χ1v) is 6.09. The van der Waals surface area contributed by atoms with Crippen molar-refractivity contribution in [2.24, 2.45) is 5.41 Å². The number of hydrogen-bond donors (Lipinski definition) is 0. The smallest absolute Gasteiger partial charge is 0.130 e. The van der Waals surface area contributed by atoms with Gasteiger partial charge in [-0.05, 0) is 30.7 Å². The average molecular weight is 218 g/mol. The second-order valence-corrected chi connectivity index (χ2v) is 5.03. The molecule has 16 heavy (non-hydrogen) atoms. The van der Waals surface area contributed by atoms with Crippen LogP contribution in [0, 0.1) is 5.41 Å². The lowest BCUT2D eigenvalue weighted by molar-refractivity contribution is -0.119. The van der Waals surface area contributed by atoms with E-state index in [1.807, 2.05) is 6.07 Å². The van der Waals surface area contributed by atoms with Crippen LogP contribution < -0.4 is 0 Å². The van der Waals surface area contributed by atoms with Crippen LogP contribution in [0.4, 0.5) is 0 Å². The van der Waals surface area contributed by atoms with E-state index >= 15 is 0 Å². The Labute approximate surface area is 98.9 Å². The van der Waals surface area contributed by atoms with E-state index in [4.69, 9.17) is 0 Å². The highest BCUT2D eigenvalue weighted by Gasteiger charge is 2.23. The van der Waals surface area contributed by atoms with Crippen molar-refractivity contribution in [3.63, 3.8) is 0 Å². The molecule has 1 rings (SSSR count). The minimum Gasteiger partial charge on any atom is -0.300 e. The van der Waals surface area contributed by atoms with Gasteiger partial charge in [0.05, 0.1) is 0 Å². The van der Waals surface area contributed by atoms with Gasteiger partial charge in [-0.1, -0.05) is 50.6 Å². The fourth-order valence-corrected chi connectivity index (χ4v) is 2.08. The Kier molecular flexibility index (Phi) is 4.72. The first kappa shape index (κ1) is 13.0. The lowest BCUT2D eigenvalue weighted by Gasteiger charge is -2.27. The van der Waals surface area contributed by atoms with E-state index < -0.39 is 0 Å². The average Bonchev–Trinajstić information content (AvgIpc) is 2.27. The number of Topliss-reactive ketones (excluding diaryl/α,β-unsaturated/α-hetero) is 1. The number of benzene rings is 1. The van der Waals surface area contributed by atoms with Gasteiger partial charge in [-0.3, -0.25) is 0 Å². The number of carbonyl (C=O) groups is 1. The number of ketones is 1. The van der Waals surface area contributed by atoms with Crippen molar-refractivity contribution in [3.05, 3.63) is 35.9 Å². The summed E-state index contributed by atoms with van der Waals surface area (Å²) >= 11 is 0. The fourth-order valence-electron chi connectivity index (χ4n) is 2.08. The highest BCUT2D eigenvalue weighted by Crippen LogP contribution is 2.31. The Morgan fingerprint density at radius 3 is 2.38 bits per heavy atom. The Balaban J connectivity index is 2.54. The molecule has 0 radical (unpaired) electrons. The largest absolute Gasteiger partial charge is 0.300 e. The van der Waals surface area contributed by atoms with Crippen LogP contribution in [0.25, 0.3) is 0 Å². The summed E-state index contributed by atoms with van der Waals surface area (Å²) in [6.07, 6.45) is 3.93. The van der Waals surface area contributed by atoms with E-state index in [1.165, 1.54) is 5.56 Å². The van der Waals surface area contributed by atoms with Crippen LogP contribution in [0.15, 0.2) is 30.3 Å². The molecule has 0 aromatic heterocycles. The van der Waals surface area contributed by atoms with E-state index in [-0.39, 0.29) is 5.41 Å². The van der Waals surface area contributed by atoms with Crippen molar-refractivity contribution < 1.29 is 4.79 Å². The molecule has 0 heterocycles. The number of rotatable bonds is 6. The molecule has 0 saturated carbocycles. The maximum absolute atomic E-state index is 11.2. The molecule has 0 fully saturated rings. The zero-order valence-corrected chi connectivity index (χ0v) is 10.6. The number of carbonyl (C=O) groups excluding carboxylic acids is 1. The van der Waals surface area contributed by atoms with Crippen molar-refractivity contribution in [1.82, 2.24) is 0 Å². The highest BCUT2D eigenvalue weighted by molar-refractivity contribution is 5.76. The van der Waals surface area contributed by atoms with Crippen LogP contribution in [0.1, 0.15) is 45.6 Å². The zero-order valence-electron chi connectivity index (χ0n) is 10.6. The minimum atomic E-state index is 0.168. The Hall–Kier alpha value is -1.11. The summed E-state index contributed by atoms with van der Waals surface area (Å²) in [4.78, 5) is 11.2. The predicted octanol–water partition coefficient (Wildman–Crippen LogP) is 4.01. The normalized spacial score (nSPS) is 14.4. The van der Waals surface area contributed by atoms with E-state index in [9.17, 15) is 4.79 Å². The predicted molar refractivity (Wildman–Crippen MR) is 68.5 cm³/mol. The molecule has 1 atom stereocenters. The van der Waals surface area contributed by atoms with Crippen LogP contribution in [0.3, 0.4) is 0 Å². The van der Waals surface area contributed by atoms with Gasteiger partial charge in [0.2, 0.25) is 0 Å².